The monoisotopic (exact) mass is 234 g/mol. The van der Waals surface area contributed by atoms with E-state index in [1.54, 1.807) is 0 Å². The molecule has 4 atom stereocenters. The summed E-state index contributed by atoms with van der Waals surface area (Å²) in [5.41, 5.74) is -0.780. The Hall–Kier alpha value is -0.0800. The number of aliphatic hydroxyl groups is 2. The van der Waals surface area contributed by atoms with Crippen LogP contribution in [0.2, 0.25) is 0 Å². The minimum atomic E-state index is -0.502. The van der Waals surface area contributed by atoms with Crippen LogP contribution in [0.3, 0.4) is 0 Å². The maximum atomic E-state index is 11.2. The van der Waals surface area contributed by atoms with E-state index >= 15 is 0 Å². The second-order valence-corrected chi connectivity index (χ2v) is 8.35. The summed E-state index contributed by atoms with van der Waals surface area (Å²) >= 11 is 0. The SMILES string of the molecule is CC12CC3C4CC5CC3C(O)(C1)C(C5)C4(O)C2. The minimum Gasteiger partial charge on any atom is -0.389 e. The van der Waals surface area contributed by atoms with Crippen LogP contribution in [0.5, 0.6) is 0 Å². The molecule has 2 nitrogen and oxygen atoms in total. The highest BCUT2D eigenvalue weighted by molar-refractivity contribution is 5.27. The lowest BCUT2D eigenvalue weighted by molar-refractivity contribution is -0.361. The molecule has 0 heterocycles. The van der Waals surface area contributed by atoms with Crippen LogP contribution in [0.15, 0.2) is 0 Å². The van der Waals surface area contributed by atoms with E-state index in [-0.39, 0.29) is 11.3 Å². The quantitative estimate of drug-likeness (QED) is 0.672. The molecule has 0 saturated heterocycles. The molecule has 0 aromatic heterocycles. The molecule has 7 saturated carbocycles. The fourth-order valence-corrected chi connectivity index (χ4v) is 7.41. The Bertz CT molecular complexity index is 389. The lowest BCUT2D eigenvalue weighted by Gasteiger charge is -2.77. The van der Waals surface area contributed by atoms with Gasteiger partial charge in [-0.3, -0.25) is 0 Å². The fraction of sp³-hybridized carbons (Fsp3) is 1.00. The molecule has 2 heteroatoms. The summed E-state index contributed by atoms with van der Waals surface area (Å²) < 4.78 is 0. The van der Waals surface area contributed by atoms with E-state index in [2.05, 4.69) is 6.92 Å². The first-order chi connectivity index (χ1) is 7.95. The lowest BCUT2D eigenvalue weighted by Crippen LogP contribution is -2.79. The zero-order valence-corrected chi connectivity index (χ0v) is 10.5. The maximum absolute atomic E-state index is 11.2. The van der Waals surface area contributed by atoms with Gasteiger partial charge in [0.1, 0.15) is 0 Å². The third kappa shape index (κ3) is 0.831. The summed E-state index contributed by atoms with van der Waals surface area (Å²) in [5, 5.41) is 22.4. The van der Waals surface area contributed by atoms with Gasteiger partial charge in [-0.25, -0.2) is 0 Å². The molecule has 7 rings (SSSR count). The van der Waals surface area contributed by atoms with Crippen LogP contribution in [0, 0.1) is 35.0 Å². The van der Waals surface area contributed by atoms with Crippen LogP contribution in [-0.2, 0) is 0 Å². The molecular formula is C15H22O2. The van der Waals surface area contributed by atoms with E-state index in [1.165, 1.54) is 19.3 Å². The molecule has 0 radical (unpaired) electrons. The Morgan fingerprint density at radius 3 is 2.12 bits per heavy atom. The van der Waals surface area contributed by atoms with E-state index < -0.39 is 11.2 Å². The fourth-order valence-electron chi connectivity index (χ4n) is 7.41. The van der Waals surface area contributed by atoms with Gasteiger partial charge < -0.3 is 10.2 Å². The lowest BCUT2D eigenvalue weighted by atomic mass is 9.30. The third-order valence-electron chi connectivity index (χ3n) is 7.42. The van der Waals surface area contributed by atoms with Crippen LogP contribution in [0.1, 0.15) is 45.4 Å². The Morgan fingerprint density at radius 2 is 1.53 bits per heavy atom. The van der Waals surface area contributed by atoms with Crippen molar-refractivity contribution in [3.63, 3.8) is 0 Å². The molecule has 4 unspecified atom stereocenters. The van der Waals surface area contributed by atoms with Crippen molar-refractivity contribution in [1.82, 2.24) is 0 Å². The van der Waals surface area contributed by atoms with Crippen molar-refractivity contribution in [1.29, 1.82) is 0 Å². The third-order valence-corrected chi connectivity index (χ3v) is 7.42. The molecule has 0 amide bonds. The summed E-state index contributed by atoms with van der Waals surface area (Å²) in [6.07, 6.45) is 6.80. The van der Waals surface area contributed by atoms with Gasteiger partial charge in [0.25, 0.3) is 0 Å². The highest BCUT2D eigenvalue weighted by Crippen LogP contribution is 2.76. The van der Waals surface area contributed by atoms with Crippen molar-refractivity contribution in [2.45, 2.75) is 56.7 Å². The normalized spacial score (nSPS) is 74.6. The average molecular weight is 234 g/mol. The van der Waals surface area contributed by atoms with Crippen LogP contribution in [-0.4, -0.2) is 21.4 Å². The molecule has 0 aromatic carbocycles. The van der Waals surface area contributed by atoms with Gasteiger partial charge in [0.05, 0.1) is 11.2 Å². The minimum absolute atomic E-state index is 0.210. The molecule has 7 aliphatic carbocycles. The predicted octanol–water partition coefficient (Wildman–Crippen LogP) is 1.94. The van der Waals surface area contributed by atoms with E-state index in [4.69, 9.17) is 0 Å². The molecule has 2 N–H and O–H groups in total. The first kappa shape index (κ1) is 9.80. The van der Waals surface area contributed by atoms with Gasteiger partial charge in [0.15, 0.2) is 0 Å². The van der Waals surface area contributed by atoms with Crippen molar-refractivity contribution < 1.29 is 10.2 Å². The summed E-state index contributed by atoms with van der Waals surface area (Å²) in [7, 11) is 0. The number of rotatable bonds is 0. The van der Waals surface area contributed by atoms with Gasteiger partial charge >= 0.3 is 0 Å². The Kier molecular flexibility index (Phi) is 1.35. The Balaban J connectivity index is 1.77. The second-order valence-electron chi connectivity index (χ2n) is 8.35. The molecule has 7 fully saturated rings. The van der Waals surface area contributed by atoms with Crippen molar-refractivity contribution in [2.24, 2.45) is 35.0 Å². The average Bonchev–Trinajstić information content (AvgIpc) is 2.23. The number of hydrogen-bond donors (Lipinski definition) is 2. The van der Waals surface area contributed by atoms with Gasteiger partial charge in [-0.1, -0.05) is 6.92 Å². The van der Waals surface area contributed by atoms with Crippen LogP contribution < -0.4 is 0 Å². The van der Waals surface area contributed by atoms with Crippen LogP contribution in [0.25, 0.3) is 0 Å². The molecule has 94 valence electrons. The zero-order valence-electron chi connectivity index (χ0n) is 10.5. The summed E-state index contributed by atoms with van der Waals surface area (Å²) in [6.45, 7) is 2.30. The van der Waals surface area contributed by atoms with Crippen molar-refractivity contribution in [3.05, 3.63) is 0 Å². The molecule has 0 aromatic rings. The summed E-state index contributed by atoms with van der Waals surface area (Å²) in [6, 6.07) is 0. The highest BCUT2D eigenvalue weighted by atomic mass is 16.3. The molecule has 7 aliphatic rings. The second kappa shape index (κ2) is 2.34. The largest absolute Gasteiger partial charge is 0.389 e. The molecule has 17 heavy (non-hydrogen) atoms. The first-order valence-corrected chi connectivity index (χ1v) is 7.39. The van der Waals surface area contributed by atoms with E-state index in [1.807, 2.05) is 0 Å². The predicted molar refractivity (Wildman–Crippen MR) is 63.2 cm³/mol. The van der Waals surface area contributed by atoms with Crippen LogP contribution >= 0.6 is 0 Å². The van der Waals surface area contributed by atoms with Gasteiger partial charge in [0.2, 0.25) is 0 Å². The summed E-state index contributed by atoms with van der Waals surface area (Å²) in [4.78, 5) is 0. The van der Waals surface area contributed by atoms with Crippen LogP contribution in [0.4, 0.5) is 0 Å². The Labute approximate surface area is 102 Å². The van der Waals surface area contributed by atoms with Gasteiger partial charge in [-0.2, -0.15) is 0 Å². The van der Waals surface area contributed by atoms with Gasteiger partial charge in [0, 0.05) is 5.92 Å². The Morgan fingerprint density at radius 1 is 0.941 bits per heavy atom. The number of hydrogen-bond acceptors (Lipinski definition) is 2. The smallest absolute Gasteiger partial charge is 0.0739 e. The molecule has 0 spiro atoms. The summed E-state index contributed by atoms with van der Waals surface area (Å²) in [5.74, 6) is 2.71. The van der Waals surface area contributed by atoms with Gasteiger partial charge in [-0.05, 0) is 67.6 Å². The van der Waals surface area contributed by atoms with E-state index in [0.717, 1.165) is 25.2 Å². The topological polar surface area (TPSA) is 40.5 Å². The standard InChI is InChI=1S/C15H22O2/c1-13-5-9-10-2-8-3-11(9)15(17,7-13)12(4-8)14(10,16)6-13/h8-12,16-17H,2-7H2,1H3. The molecule has 8 bridgehead atoms. The maximum Gasteiger partial charge on any atom is 0.0739 e. The zero-order chi connectivity index (χ0) is 11.6. The highest BCUT2D eigenvalue weighted by Gasteiger charge is 2.77. The van der Waals surface area contributed by atoms with Crippen molar-refractivity contribution in [2.75, 3.05) is 0 Å². The van der Waals surface area contributed by atoms with E-state index in [0.29, 0.717) is 17.8 Å². The molecule has 0 aliphatic heterocycles. The van der Waals surface area contributed by atoms with Crippen molar-refractivity contribution >= 4 is 0 Å². The van der Waals surface area contributed by atoms with E-state index in [9.17, 15) is 10.2 Å². The first-order valence-electron chi connectivity index (χ1n) is 7.39. The molecular weight excluding hydrogens is 212 g/mol. The van der Waals surface area contributed by atoms with Crippen molar-refractivity contribution in [3.8, 4) is 0 Å². The van der Waals surface area contributed by atoms with Gasteiger partial charge in [-0.15, -0.1) is 0 Å².